The minimum absolute atomic E-state index is 0.0449. The highest BCUT2D eigenvalue weighted by molar-refractivity contribution is 5.96. The molecule has 0 spiro atoms. The summed E-state index contributed by atoms with van der Waals surface area (Å²) in [6, 6.07) is 9.22. The van der Waals surface area contributed by atoms with Crippen LogP contribution in [0.3, 0.4) is 0 Å². The SMILES string of the molecule is Cc1n[nH]c(C)c1C(=O)N1CCN(c2ncnc(-c3ccccc3)c2F)CC1. The van der Waals surface area contributed by atoms with E-state index in [1.807, 2.05) is 49.1 Å². The second-order valence-electron chi connectivity index (χ2n) is 6.81. The van der Waals surface area contributed by atoms with Crippen molar-refractivity contribution in [2.45, 2.75) is 13.8 Å². The maximum Gasteiger partial charge on any atom is 0.257 e. The van der Waals surface area contributed by atoms with E-state index < -0.39 is 5.82 Å². The van der Waals surface area contributed by atoms with E-state index in [9.17, 15) is 4.79 Å². The fraction of sp³-hybridized carbons (Fsp3) is 0.300. The van der Waals surface area contributed by atoms with Crippen LogP contribution in [0.1, 0.15) is 21.7 Å². The first-order chi connectivity index (χ1) is 13.6. The van der Waals surface area contributed by atoms with Crippen LogP contribution in [0.4, 0.5) is 10.2 Å². The van der Waals surface area contributed by atoms with Gasteiger partial charge in [0.05, 0.1) is 11.3 Å². The third kappa shape index (κ3) is 3.21. The van der Waals surface area contributed by atoms with Crippen molar-refractivity contribution in [2.75, 3.05) is 31.1 Å². The quantitative estimate of drug-likeness (QED) is 0.756. The zero-order chi connectivity index (χ0) is 19.7. The van der Waals surface area contributed by atoms with Crippen LogP contribution in [0.5, 0.6) is 0 Å². The Morgan fingerprint density at radius 2 is 1.79 bits per heavy atom. The van der Waals surface area contributed by atoms with Crippen molar-refractivity contribution in [2.24, 2.45) is 0 Å². The molecule has 0 radical (unpaired) electrons. The molecule has 4 rings (SSSR count). The molecular formula is C20H21FN6O. The summed E-state index contributed by atoms with van der Waals surface area (Å²) in [5.74, 6) is -0.205. The Hall–Kier alpha value is -3.29. The summed E-state index contributed by atoms with van der Waals surface area (Å²) >= 11 is 0. The number of aromatic amines is 1. The number of H-pyrrole nitrogens is 1. The zero-order valence-electron chi connectivity index (χ0n) is 15.8. The average molecular weight is 380 g/mol. The molecule has 0 bridgehead atoms. The summed E-state index contributed by atoms with van der Waals surface area (Å²) in [6.45, 7) is 5.65. The van der Waals surface area contributed by atoms with Crippen LogP contribution >= 0.6 is 0 Å². The number of anilines is 1. The highest BCUT2D eigenvalue weighted by Crippen LogP contribution is 2.27. The molecule has 1 aromatic carbocycles. The summed E-state index contributed by atoms with van der Waals surface area (Å²) < 4.78 is 15.1. The van der Waals surface area contributed by atoms with E-state index in [4.69, 9.17) is 0 Å². The van der Waals surface area contributed by atoms with Gasteiger partial charge in [-0.05, 0) is 13.8 Å². The molecule has 3 heterocycles. The van der Waals surface area contributed by atoms with Crippen molar-refractivity contribution in [3.05, 3.63) is 59.4 Å². The molecule has 8 heteroatoms. The number of rotatable bonds is 3. The molecule has 144 valence electrons. The van der Waals surface area contributed by atoms with Gasteiger partial charge in [-0.1, -0.05) is 30.3 Å². The van der Waals surface area contributed by atoms with E-state index in [-0.39, 0.29) is 17.4 Å². The lowest BCUT2D eigenvalue weighted by atomic mass is 10.1. The van der Waals surface area contributed by atoms with Crippen molar-refractivity contribution in [1.82, 2.24) is 25.1 Å². The average Bonchev–Trinajstić information content (AvgIpc) is 3.06. The first-order valence-corrected chi connectivity index (χ1v) is 9.18. The van der Waals surface area contributed by atoms with Crippen molar-refractivity contribution in [3.63, 3.8) is 0 Å². The molecule has 28 heavy (non-hydrogen) atoms. The number of nitrogens with zero attached hydrogens (tertiary/aromatic N) is 5. The largest absolute Gasteiger partial charge is 0.351 e. The van der Waals surface area contributed by atoms with E-state index >= 15 is 4.39 Å². The lowest BCUT2D eigenvalue weighted by molar-refractivity contribution is 0.0745. The summed E-state index contributed by atoms with van der Waals surface area (Å²) in [5.41, 5.74) is 3.07. The molecule has 0 unspecified atom stereocenters. The number of hydrogen-bond acceptors (Lipinski definition) is 5. The van der Waals surface area contributed by atoms with Gasteiger partial charge in [0, 0.05) is 37.4 Å². The van der Waals surface area contributed by atoms with Crippen LogP contribution in [-0.4, -0.2) is 57.2 Å². The van der Waals surface area contributed by atoms with Gasteiger partial charge in [0.1, 0.15) is 12.0 Å². The van der Waals surface area contributed by atoms with Gasteiger partial charge in [0.15, 0.2) is 11.6 Å². The second kappa shape index (κ2) is 7.38. The Kier molecular flexibility index (Phi) is 4.77. The summed E-state index contributed by atoms with van der Waals surface area (Å²) in [7, 11) is 0. The number of nitrogens with one attached hydrogen (secondary N) is 1. The first kappa shape index (κ1) is 18.1. The minimum atomic E-state index is -0.435. The molecule has 1 amide bonds. The molecule has 2 aromatic heterocycles. The molecule has 0 aliphatic carbocycles. The first-order valence-electron chi connectivity index (χ1n) is 9.18. The van der Waals surface area contributed by atoms with E-state index in [1.165, 1.54) is 6.33 Å². The van der Waals surface area contributed by atoms with Crippen molar-refractivity contribution < 1.29 is 9.18 Å². The predicted molar refractivity (Wildman–Crippen MR) is 104 cm³/mol. The number of amides is 1. The fourth-order valence-corrected chi connectivity index (χ4v) is 3.52. The Morgan fingerprint density at radius 3 is 2.43 bits per heavy atom. The van der Waals surface area contributed by atoms with Crippen molar-refractivity contribution >= 4 is 11.7 Å². The Labute approximate surface area is 162 Å². The summed E-state index contributed by atoms with van der Waals surface area (Å²) in [6.07, 6.45) is 1.39. The van der Waals surface area contributed by atoms with E-state index in [1.54, 1.807) is 4.90 Å². The van der Waals surface area contributed by atoms with Crippen LogP contribution in [-0.2, 0) is 0 Å². The topological polar surface area (TPSA) is 78.0 Å². The van der Waals surface area contributed by atoms with Gasteiger partial charge in [0.25, 0.3) is 5.91 Å². The zero-order valence-corrected chi connectivity index (χ0v) is 15.8. The third-order valence-corrected chi connectivity index (χ3v) is 5.03. The summed E-state index contributed by atoms with van der Waals surface area (Å²) in [4.78, 5) is 24.7. The smallest absolute Gasteiger partial charge is 0.257 e. The van der Waals surface area contributed by atoms with Crippen LogP contribution in [0.15, 0.2) is 36.7 Å². The van der Waals surface area contributed by atoms with Gasteiger partial charge in [-0.3, -0.25) is 9.89 Å². The van der Waals surface area contributed by atoms with Gasteiger partial charge in [0.2, 0.25) is 0 Å². The molecule has 3 aromatic rings. The third-order valence-electron chi connectivity index (χ3n) is 5.03. The highest BCUT2D eigenvalue weighted by Gasteiger charge is 2.28. The molecule has 1 aliphatic heterocycles. The van der Waals surface area contributed by atoms with Crippen LogP contribution in [0.25, 0.3) is 11.3 Å². The predicted octanol–water partition coefficient (Wildman–Crippen LogP) is 2.59. The molecule has 1 saturated heterocycles. The van der Waals surface area contributed by atoms with E-state index in [0.717, 1.165) is 5.69 Å². The highest BCUT2D eigenvalue weighted by atomic mass is 19.1. The van der Waals surface area contributed by atoms with Crippen LogP contribution < -0.4 is 4.90 Å². The molecule has 0 atom stereocenters. The van der Waals surface area contributed by atoms with Crippen molar-refractivity contribution in [3.8, 4) is 11.3 Å². The molecule has 1 N–H and O–H groups in total. The van der Waals surface area contributed by atoms with Gasteiger partial charge < -0.3 is 9.80 Å². The number of carbonyl (C=O) groups is 1. The van der Waals surface area contributed by atoms with Gasteiger partial charge in [-0.2, -0.15) is 5.10 Å². The number of benzene rings is 1. The van der Waals surface area contributed by atoms with E-state index in [2.05, 4.69) is 20.2 Å². The number of aromatic nitrogens is 4. The van der Waals surface area contributed by atoms with Gasteiger partial charge in [-0.25, -0.2) is 14.4 Å². The lowest BCUT2D eigenvalue weighted by Crippen LogP contribution is -2.49. The number of carbonyl (C=O) groups excluding carboxylic acids is 1. The Morgan fingerprint density at radius 1 is 1.07 bits per heavy atom. The number of hydrogen-bond donors (Lipinski definition) is 1. The molecule has 1 aliphatic rings. The second-order valence-corrected chi connectivity index (χ2v) is 6.81. The van der Waals surface area contributed by atoms with Crippen molar-refractivity contribution in [1.29, 1.82) is 0 Å². The Balaban J connectivity index is 1.51. The maximum atomic E-state index is 15.1. The Bertz CT molecular complexity index is 976. The maximum absolute atomic E-state index is 15.1. The standard InChI is InChI=1S/C20H21FN6O/c1-13-16(14(2)25-24-13)20(28)27-10-8-26(9-11-27)19-17(21)18(22-12-23-19)15-6-4-3-5-7-15/h3-7,12H,8-11H2,1-2H3,(H,24,25). The molecule has 1 fully saturated rings. The lowest BCUT2D eigenvalue weighted by Gasteiger charge is -2.35. The molecule has 0 saturated carbocycles. The van der Waals surface area contributed by atoms with E-state index in [0.29, 0.717) is 43.0 Å². The minimum Gasteiger partial charge on any atom is -0.351 e. The van der Waals surface area contributed by atoms with Crippen LogP contribution in [0, 0.1) is 19.7 Å². The molecular weight excluding hydrogens is 359 g/mol. The molecule has 7 nitrogen and oxygen atoms in total. The summed E-state index contributed by atoms with van der Waals surface area (Å²) in [5, 5.41) is 6.94. The monoisotopic (exact) mass is 380 g/mol. The normalized spacial score (nSPS) is 14.4. The van der Waals surface area contributed by atoms with Crippen LogP contribution in [0.2, 0.25) is 0 Å². The van der Waals surface area contributed by atoms with Gasteiger partial charge >= 0.3 is 0 Å². The number of piperazine rings is 1. The van der Waals surface area contributed by atoms with Gasteiger partial charge in [-0.15, -0.1) is 0 Å². The number of aryl methyl sites for hydroxylation is 2. The fourth-order valence-electron chi connectivity index (χ4n) is 3.52. The number of halogens is 1.